The number of alkyl halides is 3. The Balaban J connectivity index is 2.73. The number of carbonyl (C=O) groups excluding carboxylic acids is 1. The maximum Gasteiger partial charge on any atom is 0.534 e. The predicted octanol–water partition coefficient (Wildman–Crippen LogP) is 2.86. The number of esters is 1. The molecule has 0 spiro atoms. The second-order valence-electron chi connectivity index (χ2n) is 4.50. The van der Waals surface area contributed by atoms with Crippen molar-refractivity contribution in [3.63, 3.8) is 0 Å². The topological polar surface area (TPSA) is 78.9 Å². The van der Waals surface area contributed by atoms with E-state index in [1.807, 2.05) is 0 Å². The molecule has 0 N–H and O–H groups in total. The van der Waals surface area contributed by atoms with E-state index in [0.717, 1.165) is 13.2 Å². The fourth-order valence-corrected chi connectivity index (χ4v) is 2.42. The van der Waals surface area contributed by atoms with Crippen molar-refractivity contribution >= 4 is 26.9 Å². The minimum Gasteiger partial charge on any atom is -0.497 e. The first-order chi connectivity index (χ1) is 11.1. The second kappa shape index (κ2) is 6.19. The number of halogens is 3. The first-order valence-electron chi connectivity index (χ1n) is 6.30. The lowest BCUT2D eigenvalue weighted by molar-refractivity contribution is -0.0500. The largest absolute Gasteiger partial charge is 0.534 e. The molecule has 0 heterocycles. The van der Waals surface area contributed by atoms with Crippen LogP contribution in [-0.4, -0.2) is 34.1 Å². The maximum atomic E-state index is 12.6. The van der Waals surface area contributed by atoms with Gasteiger partial charge in [0.25, 0.3) is 0 Å². The third-order valence-corrected chi connectivity index (χ3v) is 4.01. The Morgan fingerprint density at radius 2 is 1.75 bits per heavy atom. The number of hydrogen-bond acceptors (Lipinski definition) is 6. The summed E-state index contributed by atoms with van der Waals surface area (Å²) in [6.07, 6.45) is 0. The van der Waals surface area contributed by atoms with Gasteiger partial charge in [0.05, 0.1) is 14.2 Å². The Kier molecular flexibility index (Phi) is 4.61. The summed E-state index contributed by atoms with van der Waals surface area (Å²) in [4.78, 5) is 11.7. The highest BCUT2D eigenvalue weighted by Gasteiger charge is 2.49. The van der Waals surface area contributed by atoms with E-state index >= 15 is 0 Å². The number of carbonyl (C=O) groups is 1. The van der Waals surface area contributed by atoms with Crippen LogP contribution in [0.1, 0.15) is 10.4 Å². The van der Waals surface area contributed by atoms with Gasteiger partial charge in [0.15, 0.2) is 5.75 Å². The van der Waals surface area contributed by atoms with Gasteiger partial charge in [-0.25, -0.2) is 4.79 Å². The zero-order valence-electron chi connectivity index (χ0n) is 12.4. The first-order valence-corrected chi connectivity index (χ1v) is 7.71. The van der Waals surface area contributed by atoms with E-state index in [1.165, 1.54) is 31.4 Å². The standard InChI is InChI=1S/C14H11F3O6S/c1-21-9-4-6-10-8(7-9)3-5-11(13(18)22-2)12(10)23-24(19,20)14(15,16)17/h3-7H,1-2H3. The molecule has 24 heavy (non-hydrogen) atoms. The highest BCUT2D eigenvalue weighted by atomic mass is 32.2. The molecule has 0 saturated heterocycles. The normalized spacial score (nSPS) is 12.0. The SMILES string of the molecule is COC(=O)c1ccc2cc(OC)ccc2c1OS(=O)(=O)C(F)(F)F. The molecule has 0 aliphatic rings. The van der Waals surface area contributed by atoms with Crippen molar-refractivity contribution in [1.29, 1.82) is 0 Å². The van der Waals surface area contributed by atoms with Crippen LogP contribution in [0.25, 0.3) is 10.8 Å². The van der Waals surface area contributed by atoms with Gasteiger partial charge in [-0.3, -0.25) is 0 Å². The minimum atomic E-state index is -5.96. The molecule has 0 aliphatic carbocycles. The lowest BCUT2D eigenvalue weighted by Crippen LogP contribution is -2.28. The Morgan fingerprint density at radius 1 is 1.08 bits per heavy atom. The number of benzene rings is 2. The zero-order valence-corrected chi connectivity index (χ0v) is 13.2. The van der Waals surface area contributed by atoms with E-state index in [0.29, 0.717) is 11.1 Å². The molecule has 0 saturated carbocycles. The van der Waals surface area contributed by atoms with Crippen molar-refractivity contribution in [2.75, 3.05) is 14.2 Å². The van der Waals surface area contributed by atoms with Gasteiger partial charge in [0, 0.05) is 5.39 Å². The van der Waals surface area contributed by atoms with Gasteiger partial charge in [-0.15, -0.1) is 0 Å². The van der Waals surface area contributed by atoms with Crippen LogP contribution in [0, 0.1) is 0 Å². The molecule has 0 radical (unpaired) electrons. The molecular weight excluding hydrogens is 353 g/mol. The first kappa shape index (κ1) is 17.9. The number of rotatable bonds is 4. The third kappa shape index (κ3) is 3.23. The van der Waals surface area contributed by atoms with E-state index in [1.54, 1.807) is 0 Å². The molecule has 2 aromatic rings. The Labute approximate surface area is 134 Å². The lowest BCUT2D eigenvalue weighted by Gasteiger charge is -2.14. The van der Waals surface area contributed by atoms with E-state index < -0.39 is 32.9 Å². The van der Waals surface area contributed by atoms with Crippen molar-refractivity contribution in [2.24, 2.45) is 0 Å². The molecule has 10 heteroatoms. The quantitative estimate of drug-likeness (QED) is 0.472. The van der Waals surface area contributed by atoms with Gasteiger partial charge in [-0.2, -0.15) is 21.6 Å². The maximum absolute atomic E-state index is 12.6. The van der Waals surface area contributed by atoms with Crippen LogP contribution in [0.3, 0.4) is 0 Å². The van der Waals surface area contributed by atoms with E-state index in [2.05, 4.69) is 8.92 Å². The molecule has 0 atom stereocenters. The zero-order chi connectivity index (χ0) is 18.1. The number of fused-ring (bicyclic) bond motifs is 1. The highest BCUT2D eigenvalue weighted by Crippen LogP contribution is 2.36. The lowest BCUT2D eigenvalue weighted by atomic mass is 10.1. The summed E-state index contributed by atoms with van der Waals surface area (Å²) in [6, 6.07) is 6.62. The van der Waals surface area contributed by atoms with Crippen molar-refractivity contribution in [3.05, 3.63) is 35.9 Å². The van der Waals surface area contributed by atoms with E-state index in [4.69, 9.17) is 4.74 Å². The Hall–Kier alpha value is -2.49. The van der Waals surface area contributed by atoms with E-state index in [-0.39, 0.29) is 5.39 Å². The predicted molar refractivity (Wildman–Crippen MR) is 77.4 cm³/mol. The summed E-state index contributed by atoms with van der Waals surface area (Å²) < 4.78 is 74.1. The molecule has 2 aromatic carbocycles. The molecule has 0 unspecified atom stereocenters. The van der Waals surface area contributed by atoms with Crippen LogP contribution in [-0.2, 0) is 14.9 Å². The Morgan fingerprint density at radius 3 is 2.29 bits per heavy atom. The van der Waals surface area contributed by atoms with Crippen molar-refractivity contribution in [3.8, 4) is 11.5 Å². The van der Waals surface area contributed by atoms with Gasteiger partial charge < -0.3 is 13.7 Å². The summed E-state index contributed by atoms with van der Waals surface area (Å²) in [5.74, 6) is -1.42. The molecule has 2 rings (SSSR count). The molecule has 0 fully saturated rings. The molecular formula is C14H11F3O6S. The summed E-state index contributed by atoms with van der Waals surface area (Å²) in [6.45, 7) is 0. The summed E-state index contributed by atoms with van der Waals surface area (Å²) in [5, 5.41) is 0.293. The fraction of sp³-hybridized carbons (Fsp3) is 0.214. The van der Waals surface area contributed by atoms with Gasteiger partial charge in [0.2, 0.25) is 0 Å². The molecule has 6 nitrogen and oxygen atoms in total. The second-order valence-corrected chi connectivity index (χ2v) is 6.04. The van der Waals surface area contributed by atoms with Crippen molar-refractivity contribution in [2.45, 2.75) is 5.51 Å². The minimum absolute atomic E-state index is 0.0217. The van der Waals surface area contributed by atoms with Crippen LogP contribution in [0.4, 0.5) is 13.2 Å². The Bertz CT molecular complexity index is 889. The number of hydrogen-bond donors (Lipinski definition) is 0. The van der Waals surface area contributed by atoms with Crippen LogP contribution < -0.4 is 8.92 Å². The third-order valence-electron chi connectivity index (χ3n) is 3.06. The molecule has 130 valence electrons. The van der Waals surface area contributed by atoms with Gasteiger partial charge in [-0.1, -0.05) is 6.07 Å². The monoisotopic (exact) mass is 364 g/mol. The average molecular weight is 364 g/mol. The van der Waals surface area contributed by atoms with Crippen molar-refractivity contribution in [1.82, 2.24) is 0 Å². The summed E-state index contributed by atoms with van der Waals surface area (Å²) in [7, 11) is -3.57. The molecule has 0 aliphatic heterocycles. The van der Waals surface area contributed by atoms with Gasteiger partial charge in [0.1, 0.15) is 11.3 Å². The van der Waals surface area contributed by atoms with E-state index in [9.17, 15) is 26.4 Å². The molecule has 0 aromatic heterocycles. The van der Waals surface area contributed by atoms with Crippen LogP contribution in [0.2, 0.25) is 0 Å². The number of ether oxygens (including phenoxy) is 2. The van der Waals surface area contributed by atoms with Crippen LogP contribution >= 0.6 is 0 Å². The fourth-order valence-electron chi connectivity index (χ4n) is 1.92. The van der Waals surface area contributed by atoms with Gasteiger partial charge in [-0.05, 0) is 29.7 Å². The summed E-state index contributed by atoms with van der Waals surface area (Å²) in [5.41, 5.74) is -6.10. The average Bonchev–Trinajstić information content (AvgIpc) is 2.52. The smallest absolute Gasteiger partial charge is 0.497 e. The van der Waals surface area contributed by atoms with Gasteiger partial charge >= 0.3 is 21.6 Å². The number of methoxy groups -OCH3 is 2. The van der Waals surface area contributed by atoms with Crippen LogP contribution in [0.5, 0.6) is 11.5 Å². The molecule has 0 bridgehead atoms. The van der Waals surface area contributed by atoms with Crippen LogP contribution in [0.15, 0.2) is 30.3 Å². The van der Waals surface area contributed by atoms with Crippen molar-refractivity contribution < 1.29 is 40.0 Å². The highest BCUT2D eigenvalue weighted by molar-refractivity contribution is 7.88. The summed E-state index contributed by atoms with van der Waals surface area (Å²) >= 11 is 0. The molecule has 0 amide bonds.